The van der Waals surface area contributed by atoms with Crippen LogP contribution in [0, 0.1) is 5.92 Å². The van der Waals surface area contributed by atoms with Crippen molar-refractivity contribution in [3.8, 4) is 0 Å². The Balaban J connectivity index is 2.03. The average Bonchev–Trinajstić information content (AvgIpc) is 2.41. The monoisotopic (exact) mass is 188 g/mol. The molecule has 0 amide bonds. The molecule has 0 spiro atoms. The highest BCUT2D eigenvalue weighted by Crippen LogP contribution is 2.24. The van der Waals surface area contributed by atoms with Crippen LogP contribution in [0.25, 0.3) is 0 Å². The van der Waals surface area contributed by atoms with Crippen LogP contribution in [0.15, 0.2) is 0 Å². The number of unbranched alkanes of at least 4 members (excludes halogenated alkanes) is 1. The summed E-state index contributed by atoms with van der Waals surface area (Å²) in [7, 11) is 0. The van der Waals surface area contributed by atoms with Crippen molar-refractivity contribution in [1.82, 2.24) is 0 Å². The summed E-state index contributed by atoms with van der Waals surface area (Å²) in [4.78, 5) is 0. The van der Waals surface area contributed by atoms with E-state index in [-0.39, 0.29) is 12.0 Å². The third kappa shape index (κ3) is 3.63. The molecule has 0 bridgehead atoms. The Labute approximate surface area is 80.0 Å². The lowest BCUT2D eigenvalue weighted by Crippen LogP contribution is -2.17. The Kier molecular flexibility index (Phi) is 4.70. The number of aliphatic hydroxyl groups excluding tert-OH is 1. The number of rotatable bonds is 5. The summed E-state index contributed by atoms with van der Waals surface area (Å²) in [5.74, 6) is 0.250. The van der Waals surface area contributed by atoms with Crippen LogP contribution in [0.1, 0.15) is 33.1 Å². The van der Waals surface area contributed by atoms with Crippen molar-refractivity contribution in [2.45, 2.75) is 45.5 Å². The fraction of sp³-hybridized carbons (Fsp3) is 1.00. The summed E-state index contributed by atoms with van der Waals surface area (Å²) in [5.41, 5.74) is 0. The summed E-state index contributed by atoms with van der Waals surface area (Å²) in [6, 6.07) is 0. The van der Waals surface area contributed by atoms with Gasteiger partial charge in [-0.3, -0.25) is 0 Å². The molecule has 3 atom stereocenters. The van der Waals surface area contributed by atoms with E-state index in [1.165, 1.54) is 0 Å². The molecule has 3 nitrogen and oxygen atoms in total. The second-order valence-corrected chi connectivity index (χ2v) is 3.79. The molecule has 0 saturated carbocycles. The summed E-state index contributed by atoms with van der Waals surface area (Å²) in [6.07, 6.45) is 2.68. The van der Waals surface area contributed by atoms with Gasteiger partial charge in [-0.2, -0.15) is 0 Å². The van der Waals surface area contributed by atoms with Crippen molar-refractivity contribution in [2.24, 2.45) is 5.92 Å². The largest absolute Gasteiger partial charge is 0.379 e. The summed E-state index contributed by atoms with van der Waals surface area (Å²) in [5, 5.41) is 9.29. The predicted octanol–water partition coefficient (Wildman–Crippen LogP) is 1.55. The van der Waals surface area contributed by atoms with Crippen LogP contribution >= 0.6 is 0 Å². The molecule has 0 aromatic rings. The first-order valence-corrected chi connectivity index (χ1v) is 5.15. The SMILES string of the molecule is CCCCOC[C@@H]1C[C@H](C)C(O)O1. The molecule has 0 aliphatic carbocycles. The molecule has 1 rings (SSSR count). The van der Waals surface area contributed by atoms with Gasteiger partial charge in [-0.15, -0.1) is 0 Å². The van der Waals surface area contributed by atoms with Gasteiger partial charge in [0.1, 0.15) is 0 Å². The maximum atomic E-state index is 9.29. The van der Waals surface area contributed by atoms with E-state index in [9.17, 15) is 5.11 Å². The highest BCUT2D eigenvalue weighted by Gasteiger charge is 2.30. The normalized spacial score (nSPS) is 33.9. The van der Waals surface area contributed by atoms with E-state index in [1.54, 1.807) is 0 Å². The van der Waals surface area contributed by atoms with Gasteiger partial charge in [0.05, 0.1) is 12.7 Å². The van der Waals surface area contributed by atoms with Crippen molar-refractivity contribution in [3.63, 3.8) is 0 Å². The van der Waals surface area contributed by atoms with Crippen molar-refractivity contribution < 1.29 is 14.6 Å². The third-order valence-electron chi connectivity index (χ3n) is 2.40. The fourth-order valence-corrected chi connectivity index (χ4v) is 1.49. The minimum atomic E-state index is -0.584. The average molecular weight is 188 g/mol. The molecule has 78 valence electrons. The maximum absolute atomic E-state index is 9.29. The zero-order valence-electron chi connectivity index (χ0n) is 8.53. The Hall–Kier alpha value is -0.120. The molecular formula is C10H20O3. The van der Waals surface area contributed by atoms with Crippen LogP contribution in [-0.2, 0) is 9.47 Å². The molecule has 1 unspecified atom stereocenters. The highest BCUT2D eigenvalue weighted by molar-refractivity contribution is 4.72. The van der Waals surface area contributed by atoms with E-state index in [1.807, 2.05) is 6.92 Å². The molecule has 1 heterocycles. The van der Waals surface area contributed by atoms with Crippen LogP contribution in [0.2, 0.25) is 0 Å². The van der Waals surface area contributed by atoms with Crippen LogP contribution in [0.5, 0.6) is 0 Å². The van der Waals surface area contributed by atoms with Gasteiger partial charge in [0.15, 0.2) is 6.29 Å². The van der Waals surface area contributed by atoms with E-state index in [4.69, 9.17) is 9.47 Å². The Morgan fingerprint density at radius 1 is 1.54 bits per heavy atom. The maximum Gasteiger partial charge on any atom is 0.157 e. The highest BCUT2D eigenvalue weighted by atomic mass is 16.6. The molecule has 1 fully saturated rings. The van der Waals surface area contributed by atoms with E-state index >= 15 is 0 Å². The second kappa shape index (κ2) is 5.58. The summed E-state index contributed by atoms with van der Waals surface area (Å²) < 4.78 is 10.7. The van der Waals surface area contributed by atoms with Gasteiger partial charge in [0.2, 0.25) is 0 Å². The van der Waals surface area contributed by atoms with E-state index in [2.05, 4.69) is 6.92 Å². The van der Waals surface area contributed by atoms with Crippen LogP contribution in [0.3, 0.4) is 0 Å². The number of hydrogen-bond acceptors (Lipinski definition) is 3. The quantitative estimate of drug-likeness (QED) is 0.665. The summed E-state index contributed by atoms with van der Waals surface area (Å²) in [6.45, 7) is 5.57. The van der Waals surface area contributed by atoms with Gasteiger partial charge in [-0.05, 0) is 12.8 Å². The molecule has 3 heteroatoms. The van der Waals surface area contributed by atoms with Crippen LogP contribution < -0.4 is 0 Å². The number of ether oxygens (including phenoxy) is 2. The Morgan fingerprint density at radius 3 is 2.85 bits per heavy atom. The van der Waals surface area contributed by atoms with E-state index < -0.39 is 6.29 Å². The van der Waals surface area contributed by atoms with Crippen LogP contribution in [-0.4, -0.2) is 30.7 Å². The lowest BCUT2D eigenvalue weighted by Gasteiger charge is -2.10. The molecule has 0 aromatic heterocycles. The first kappa shape index (κ1) is 11.0. The lowest BCUT2D eigenvalue weighted by atomic mass is 10.1. The van der Waals surface area contributed by atoms with E-state index in [0.29, 0.717) is 6.61 Å². The molecular weight excluding hydrogens is 168 g/mol. The Bertz CT molecular complexity index is 128. The topological polar surface area (TPSA) is 38.7 Å². The van der Waals surface area contributed by atoms with Gasteiger partial charge in [0, 0.05) is 12.5 Å². The molecule has 1 saturated heterocycles. The molecule has 13 heavy (non-hydrogen) atoms. The summed E-state index contributed by atoms with van der Waals surface area (Å²) >= 11 is 0. The van der Waals surface area contributed by atoms with Gasteiger partial charge in [-0.1, -0.05) is 20.3 Å². The van der Waals surface area contributed by atoms with Crippen molar-refractivity contribution in [2.75, 3.05) is 13.2 Å². The smallest absolute Gasteiger partial charge is 0.157 e. The van der Waals surface area contributed by atoms with Crippen LogP contribution in [0.4, 0.5) is 0 Å². The zero-order valence-corrected chi connectivity index (χ0v) is 8.53. The Morgan fingerprint density at radius 2 is 2.31 bits per heavy atom. The predicted molar refractivity (Wildman–Crippen MR) is 50.4 cm³/mol. The van der Waals surface area contributed by atoms with Crippen molar-refractivity contribution in [3.05, 3.63) is 0 Å². The molecule has 1 aliphatic heterocycles. The van der Waals surface area contributed by atoms with Gasteiger partial charge >= 0.3 is 0 Å². The first-order valence-electron chi connectivity index (χ1n) is 5.15. The van der Waals surface area contributed by atoms with Crippen molar-refractivity contribution in [1.29, 1.82) is 0 Å². The number of hydrogen-bond donors (Lipinski definition) is 1. The molecule has 1 N–H and O–H groups in total. The zero-order chi connectivity index (χ0) is 9.68. The van der Waals surface area contributed by atoms with E-state index in [0.717, 1.165) is 25.9 Å². The van der Waals surface area contributed by atoms with Gasteiger partial charge in [-0.25, -0.2) is 0 Å². The lowest BCUT2D eigenvalue weighted by molar-refractivity contribution is -0.120. The van der Waals surface area contributed by atoms with Crippen molar-refractivity contribution >= 4 is 0 Å². The molecule has 1 aliphatic rings. The minimum Gasteiger partial charge on any atom is -0.379 e. The molecule has 0 radical (unpaired) electrons. The molecule has 0 aromatic carbocycles. The fourth-order valence-electron chi connectivity index (χ4n) is 1.49. The third-order valence-corrected chi connectivity index (χ3v) is 2.40. The standard InChI is InChI=1S/C10H20O3/c1-3-4-5-12-7-9-6-8(2)10(11)13-9/h8-11H,3-7H2,1-2H3/t8-,9-,10?/m0/s1. The van der Waals surface area contributed by atoms with Gasteiger partial charge < -0.3 is 14.6 Å². The first-order chi connectivity index (χ1) is 6.24. The van der Waals surface area contributed by atoms with Gasteiger partial charge in [0.25, 0.3) is 0 Å². The second-order valence-electron chi connectivity index (χ2n) is 3.79. The number of aliphatic hydroxyl groups is 1. The minimum absolute atomic E-state index is 0.0989.